The van der Waals surface area contributed by atoms with E-state index in [9.17, 15) is 0 Å². The number of pyridine rings is 1. The zero-order valence-corrected chi connectivity index (χ0v) is 8.79. The zero-order valence-electron chi connectivity index (χ0n) is 8.79. The van der Waals surface area contributed by atoms with E-state index in [1.54, 1.807) is 7.11 Å². The highest BCUT2D eigenvalue weighted by Gasteiger charge is 2.47. The summed E-state index contributed by atoms with van der Waals surface area (Å²) in [7, 11) is 1.64. The standard InChI is InChI=1S/C11H15N3O/c1-15-10-3-2-8(5-13-10)11-4-9(14-11)6-12-7-11/h2-3,5,9,12,14H,4,6-7H2,1H3. The van der Waals surface area contributed by atoms with Crippen LogP contribution in [0.25, 0.3) is 0 Å². The topological polar surface area (TPSA) is 46.2 Å². The van der Waals surface area contributed by atoms with Gasteiger partial charge in [0.1, 0.15) is 0 Å². The molecule has 0 aliphatic carbocycles. The van der Waals surface area contributed by atoms with Gasteiger partial charge in [-0.25, -0.2) is 4.98 Å². The van der Waals surface area contributed by atoms with Crippen LogP contribution in [0.2, 0.25) is 0 Å². The first kappa shape index (κ1) is 9.12. The molecule has 3 fully saturated rings. The van der Waals surface area contributed by atoms with Gasteiger partial charge in [0.05, 0.1) is 12.6 Å². The van der Waals surface area contributed by atoms with Crippen molar-refractivity contribution in [3.8, 4) is 5.88 Å². The van der Waals surface area contributed by atoms with E-state index in [-0.39, 0.29) is 5.54 Å². The van der Waals surface area contributed by atoms with Crippen molar-refractivity contribution in [1.82, 2.24) is 15.6 Å². The molecule has 2 N–H and O–H groups in total. The Morgan fingerprint density at radius 1 is 1.53 bits per heavy atom. The molecule has 3 aliphatic rings. The molecular formula is C11H15N3O. The lowest BCUT2D eigenvalue weighted by molar-refractivity contribution is 0.0868. The second kappa shape index (κ2) is 3.18. The Kier molecular flexibility index (Phi) is 1.94. The van der Waals surface area contributed by atoms with Crippen LogP contribution in [0, 0.1) is 0 Å². The van der Waals surface area contributed by atoms with E-state index in [0.717, 1.165) is 13.1 Å². The molecule has 0 spiro atoms. The molecule has 2 bridgehead atoms. The maximum atomic E-state index is 5.06. The molecule has 3 saturated heterocycles. The number of fused-ring (bicyclic) bond motifs is 2. The molecule has 0 radical (unpaired) electrons. The highest BCUT2D eigenvalue weighted by Crippen LogP contribution is 2.37. The molecule has 4 heteroatoms. The number of methoxy groups -OCH3 is 1. The van der Waals surface area contributed by atoms with Crippen molar-refractivity contribution in [1.29, 1.82) is 0 Å². The van der Waals surface area contributed by atoms with Gasteiger partial charge >= 0.3 is 0 Å². The highest BCUT2D eigenvalue weighted by molar-refractivity contribution is 5.30. The Hall–Kier alpha value is -1.13. The fraction of sp³-hybridized carbons (Fsp3) is 0.545. The van der Waals surface area contributed by atoms with Gasteiger partial charge < -0.3 is 15.4 Å². The van der Waals surface area contributed by atoms with E-state index < -0.39 is 0 Å². The highest BCUT2D eigenvalue weighted by atomic mass is 16.5. The summed E-state index contributed by atoms with van der Waals surface area (Å²) in [5, 5.41) is 7.03. The molecule has 1 aromatic rings. The Morgan fingerprint density at radius 3 is 2.93 bits per heavy atom. The largest absolute Gasteiger partial charge is 0.481 e. The fourth-order valence-corrected chi connectivity index (χ4v) is 2.58. The number of nitrogens with zero attached hydrogens (tertiary/aromatic N) is 1. The van der Waals surface area contributed by atoms with E-state index in [2.05, 4.69) is 21.7 Å². The van der Waals surface area contributed by atoms with Gasteiger partial charge in [0.2, 0.25) is 5.88 Å². The van der Waals surface area contributed by atoms with Crippen molar-refractivity contribution >= 4 is 0 Å². The summed E-state index contributed by atoms with van der Waals surface area (Å²) in [5.74, 6) is 0.676. The lowest BCUT2D eigenvalue weighted by Crippen LogP contribution is -2.72. The zero-order chi connectivity index (χ0) is 10.3. The van der Waals surface area contributed by atoms with Gasteiger partial charge in [-0.3, -0.25) is 0 Å². The summed E-state index contributed by atoms with van der Waals surface area (Å²) in [6.45, 7) is 2.09. The minimum Gasteiger partial charge on any atom is -0.481 e. The molecule has 4 heterocycles. The van der Waals surface area contributed by atoms with Crippen LogP contribution in [0.1, 0.15) is 12.0 Å². The van der Waals surface area contributed by atoms with Gasteiger partial charge in [-0.05, 0) is 12.0 Å². The first-order valence-corrected chi connectivity index (χ1v) is 5.31. The number of aromatic nitrogens is 1. The van der Waals surface area contributed by atoms with Gasteiger partial charge in [-0.2, -0.15) is 0 Å². The monoisotopic (exact) mass is 205 g/mol. The second-order valence-corrected chi connectivity index (χ2v) is 4.35. The smallest absolute Gasteiger partial charge is 0.212 e. The van der Waals surface area contributed by atoms with Gasteiger partial charge in [0.15, 0.2) is 0 Å². The van der Waals surface area contributed by atoms with Crippen molar-refractivity contribution in [2.45, 2.75) is 18.0 Å². The van der Waals surface area contributed by atoms with Crippen molar-refractivity contribution < 1.29 is 4.74 Å². The first-order chi connectivity index (χ1) is 7.32. The van der Waals surface area contributed by atoms with Crippen LogP contribution in [0.4, 0.5) is 0 Å². The molecule has 2 unspecified atom stereocenters. The average molecular weight is 205 g/mol. The molecule has 4 nitrogen and oxygen atoms in total. The number of rotatable bonds is 2. The van der Waals surface area contributed by atoms with Crippen molar-refractivity contribution in [2.75, 3.05) is 20.2 Å². The van der Waals surface area contributed by atoms with E-state index in [1.807, 2.05) is 12.3 Å². The summed E-state index contributed by atoms with van der Waals surface area (Å²) < 4.78 is 5.06. The van der Waals surface area contributed by atoms with Crippen LogP contribution in [0.15, 0.2) is 18.3 Å². The van der Waals surface area contributed by atoms with E-state index in [4.69, 9.17) is 4.74 Å². The van der Waals surface area contributed by atoms with E-state index in [0.29, 0.717) is 11.9 Å². The Bertz CT molecular complexity index is 351. The van der Waals surface area contributed by atoms with Crippen LogP contribution >= 0.6 is 0 Å². The summed E-state index contributed by atoms with van der Waals surface area (Å²) in [6.07, 6.45) is 3.13. The number of piperidine rings is 1. The molecule has 1 aromatic heterocycles. The van der Waals surface area contributed by atoms with E-state index >= 15 is 0 Å². The van der Waals surface area contributed by atoms with Gasteiger partial charge in [-0.1, -0.05) is 6.07 Å². The van der Waals surface area contributed by atoms with Crippen LogP contribution in [-0.4, -0.2) is 31.2 Å². The van der Waals surface area contributed by atoms with Gasteiger partial charge in [0.25, 0.3) is 0 Å². The Labute approximate surface area is 89.0 Å². The third-order valence-electron chi connectivity index (χ3n) is 3.39. The molecule has 3 aliphatic heterocycles. The molecule has 0 amide bonds. The van der Waals surface area contributed by atoms with E-state index in [1.165, 1.54) is 12.0 Å². The number of hydrogen-bond acceptors (Lipinski definition) is 4. The predicted octanol–water partition coefficient (Wildman–Crippen LogP) is 0.251. The normalized spacial score (nSPS) is 33.3. The molecule has 80 valence electrons. The SMILES string of the molecule is COc1ccc(C23CNCC(C2)N3)cn1. The summed E-state index contributed by atoms with van der Waals surface area (Å²) >= 11 is 0. The molecule has 0 saturated carbocycles. The third kappa shape index (κ3) is 1.33. The Balaban J connectivity index is 1.86. The molecule has 0 aromatic carbocycles. The summed E-state index contributed by atoms with van der Waals surface area (Å²) in [4.78, 5) is 4.25. The number of nitrogens with one attached hydrogen (secondary N) is 2. The lowest BCUT2D eigenvalue weighted by Gasteiger charge is -2.54. The van der Waals surface area contributed by atoms with Crippen molar-refractivity contribution in [3.05, 3.63) is 23.9 Å². The van der Waals surface area contributed by atoms with Crippen molar-refractivity contribution in [3.63, 3.8) is 0 Å². The van der Waals surface area contributed by atoms with Crippen LogP contribution < -0.4 is 15.4 Å². The third-order valence-corrected chi connectivity index (χ3v) is 3.39. The molecule has 4 rings (SSSR count). The molecule has 2 atom stereocenters. The minimum atomic E-state index is 0.127. The van der Waals surface area contributed by atoms with Crippen LogP contribution in [-0.2, 0) is 5.54 Å². The number of hydrogen-bond donors (Lipinski definition) is 2. The predicted molar refractivity (Wildman–Crippen MR) is 56.9 cm³/mol. The lowest BCUT2D eigenvalue weighted by atomic mass is 9.74. The first-order valence-electron chi connectivity index (χ1n) is 5.31. The van der Waals surface area contributed by atoms with Gasteiger partial charge in [0, 0.05) is 31.4 Å². The number of piperazine rings is 1. The van der Waals surface area contributed by atoms with Crippen LogP contribution in [0.3, 0.4) is 0 Å². The molecule has 15 heavy (non-hydrogen) atoms. The minimum absolute atomic E-state index is 0.127. The number of ether oxygens (including phenoxy) is 1. The maximum absolute atomic E-state index is 5.06. The summed E-state index contributed by atoms with van der Waals surface area (Å²) in [5.41, 5.74) is 1.38. The Morgan fingerprint density at radius 2 is 2.40 bits per heavy atom. The van der Waals surface area contributed by atoms with Crippen LogP contribution in [0.5, 0.6) is 5.88 Å². The van der Waals surface area contributed by atoms with Crippen molar-refractivity contribution in [2.24, 2.45) is 0 Å². The fourth-order valence-electron chi connectivity index (χ4n) is 2.58. The second-order valence-electron chi connectivity index (χ2n) is 4.35. The molecular weight excluding hydrogens is 190 g/mol. The summed E-state index contributed by atoms with van der Waals surface area (Å²) in [6, 6.07) is 4.66. The van der Waals surface area contributed by atoms with Gasteiger partial charge in [-0.15, -0.1) is 0 Å². The quantitative estimate of drug-likeness (QED) is 0.726. The maximum Gasteiger partial charge on any atom is 0.212 e. The average Bonchev–Trinajstić information content (AvgIpc) is 2.29.